The molecule has 0 aliphatic carbocycles. The Bertz CT molecular complexity index is 1140. The average molecular weight is 456 g/mol. The van der Waals surface area contributed by atoms with Crippen LogP contribution >= 0.6 is 23.4 Å². The van der Waals surface area contributed by atoms with E-state index >= 15 is 0 Å². The van der Waals surface area contributed by atoms with Crippen LogP contribution in [0.3, 0.4) is 0 Å². The number of ketones is 1. The van der Waals surface area contributed by atoms with Crippen molar-refractivity contribution in [1.82, 2.24) is 30.6 Å². The lowest BCUT2D eigenvalue weighted by Gasteiger charge is -2.04. The molecule has 0 fully saturated rings. The number of hydrogen-bond donors (Lipinski definition) is 3. The van der Waals surface area contributed by atoms with Gasteiger partial charge >= 0.3 is 5.69 Å². The molecule has 0 spiro atoms. The van der Waals surface area contributed by atoms with Crippen LogP contribution in [0.25, 0.3) is 0 Å². The number of aromatic amines is 1. The van der Waals surface area contributed by atoms with E-state index in [0.717, 1.165) is 10.7 Å². The predicted molar refractivity (Wildman–Crippen MR) is 105 cm³/mol. The third-order valence-corrected chi connectivity index (χ3v) is 5.08. The molecule has 0 amide bonds. The average Bonchev–Trinajstić information content (AvgIpc) is 3.32. The molecule has 0 aliphatic rings. The number of halogens is 2. The second-order valence-corrected chi connectivity index (χ2v) is 7.36. The van der Waals surface area contributed by atoms with E-state index in [2.05, 4.69) is 25.4 Å². The molecule has 0 saturated carbocycles. The molecule has 2 heterocycles. The first kappa shape index (κ1) is 21.7. The van der Waals surface area contributed by atoms with Gasteiger partial charge in [0.25, 0.3) is 0 Å². The third-order valence-electron chi connectivity index (χ3n) is 3.75. The number of aromatic nitrogens is 5. The number of rotatable bonds is 8. The maximum Gasteiger partial charge on any atom is 0.343 e. The van der Waals surface area contributed by atoms with Gasteiger partial charge in [-0.15, -0.1) is 16.9 Å². The highest BCUT2D eigenvalue weighted by atomic mass is 35.5. The summed E-state index contributed by atoms with van der Waals surface area (Å²) in [5.74, 6) is -0.501. The molecule has 14 heteroatoms. The van der Waals surface area contributed by atoms with Crippen molar-refractivity contribution < 1.29 is 19.0 Å². The molecule has 0 atom stereocenters. The molecule has 1 aromatic carbocycles. The van der Waals surface area contributed by atoms with E-state index in [-0.39, 0.29) is 40.3 Å². The molecule has 3 rings (SSSR count). The zero-order chi connectivity index (χ0) is 21.7. The minimum absolute atomic E-state index is 0.00755. The normalized spacial score (nSPS) is 11.7. The van der Waals surface area contributed by atoms with Gasteiger partial charge in [-0.3, -0.25) is 20.5 Å². The van der Waals surface area contributed by atoms with Gasteiger partial charge in [0.2, 0.25) is 0 Å². The molecular weight excluding hydrogens is 441 g/mol. The number of nitrogens with one attached hydrogen (secondary N) is 2. The van der Waals surface area contributed by atoms with Crippen molar-refractivity contribution in [1.29, 1.82) is 0 Å². The number of nitrogens with zero attached hydrogens (tertiary/aromatic N) is 5. The second-order valence-electron chi connectivity index (χ2n) is 5.87. The van der Waals surface area contributed by atoms with E-state index in [9.17, 15) is 19.2 Å². The maximum absolute atomic E-state index is 13.3. The molecule has 0 unspecified atom stereocenters. The number of benzene rings is 1. The number of hydroxylamine groups is 1. The van der Waals surface area contributed by atoms with Crippen molar-refractivity contribution in [2.24, 2.45) is 12.0 Å². The molecule has 3 N–H and O–H groups in total. The summed E-state index contributed by atoms with van der Waals surface area (Å²) in [5.41, 5.74) is 1.84. The smallest absolute Gasteiger partial charge is 0.291 e. The summed E-state index contributed by atoms with van der Waals surface area (Å²) in [5, 5.41) is 20.9. The zero-order valence-electron chi connectivity index (χ0n) is 15.4. The van der Waals surface area contributed by atoms with Crippen molar-refractivity contribution >= 4 is 40.7 Å². The zero-order valence-corrected chi connectivity index (χ0v) is 17.0. The van der Waals surface area contributed by atoms with E-state index in [1.165, 1.54) is 30.9 Å². The fraction of sp³-hybridized carbons (Fsp3) is 0.250. The largest absolute Gasteiger partial charge is 0.343 e. The third kappa shape index (κ3) is 5.11. The summed E-state index contributed by atoms with van der Waals surface area (Å²) in [6, 6.07) is 3.78. The highest BCUT2D eigenvalue weighted by molar-refractivity contribution is 7.99. The topological polar surface area (TPSA) is 151 Å². The minimum atomic E-state index is -0.599. The summed E-state index contributed by atoms with van der Waals surface area (Å²) in [6.45, 7) is 0. The van der Waals surface area contributed by atoms with E-state index in [1.54, 1.807) is 0 Å². The van der Waals surface area contributed by atoms with Crippen LogP contribution in [0.15, 0.2) is 37.6 Å². The van der Waals surface area contributed by atoms with Crippen LogP contribution in [0.4, 0.5) is 10.1 Å². The number of H-pyrrole nitrogens is 1. The van der Waals surface area contributed by atoms with Gasteiger partial charge in [-0.1, -0.05) is 11.6 Å². The highest BCUT2D eigenvalue weighted by Gasteiger charge is 2.18. The first-order valence-corrected chi connectivity index (χ1v) is 9.81. The summed E-state index contributed by atoms with van der Waals surface area (Å²) in [4.78, 5) is 29.9. The molecule has 0 radical (unpaired) electrons. The van der Waals surface area contributed by atoms with Crippen molar-refractivity contribution in [2.75, 3.05) is 5.75 Å². The van der Waals surface area contributed by atoms with Gasteiger partial charge in [0.1, 0.15) is 5.82 Å². The van der Waals surface area contributed by atoms with Crippen LogP contribution in [0.2, 0.25) is 5.02 Å². The summed E-state index contributed by atoms with van der Waals surface area (Å²) < 4.78 is 19.0. The lowest BCUT2D eigenvalue weighted by atomic mass is 10.2. The number of hydrogen-bond acceptors (Lipinski definition) is 9. The van der Waals surface area contributed by atoms with Gasteiger partial charge in [0.05, 0.1) is 10.7 Å². The summed E-state index contributed by atoms with van der Waals surface area (Å²) in [7, 11) is 1.44. The van der Waals surface area contributed by atoms with Crippen LogP contribution in [-0.4, -0.2) is 47.7 Å². The molecule has 0 bridgehead atoms. The lowest BCUT2D eigenvalue weighted by Crippen LogP contribution is -2.21. The number of thioether (sulfide) groups is 1. The van der Waals surface area contributed by atoms with Gasteiger partial charge in [-0.2, -0.15) is 0 Å². The summed E-state index contributed by atoms with van der Waals surface area (Å²) in [6.07, 6.45) is 0.620. The number of Topliss-reactive ketones (excluding diaryl/α,β-unsaturated/α-hetero) is 1. The highest BCUT2D eigenvalue weighted by Crippen LogP contribution is 2.24. The number of carbonyl (C=O) groups excluding carboxylic acids is 1. The quantitative estimate of drug-likeness (QED) is 0.116. The molecule has 3 aromatic rings. The lowest BCUT2D eigenvalue weighted by molar-refractivity contribution is 0.0972. The Labute approximate surface area is 177 Å². The molecule has 2 aromatic heterocycles. The first-order chi connectivity index (χ1) is 14.4. The van der Waals surface area contributed by atoms with Crippen LogP contribution in [0, 0.1) is 5.82 Å². The Kier molecular flexibility index (Phi) is 6.97. The van der Waals surface area contributed by atoms with Gasteiger partial charge in [-0.25, -0.2) is 23.5 Å². The Balaban J connectivity index is 1.62. The van der Waals surface area contributed by atoms with Crippen LogP contribution in [0.5, 0.6) is 0 Å². The van der Waals surface area contributed by atoms with Gasteiger partial charge in [0, 0.05) is 19.2 Å². The Hall–Kier alpha value is -3.03. The SMILES string of the molecule is Cn1nc(C(=O)CCCSc2nonc2C(=Nc2ccc(F)c(Cl)c2)NO)[nH]c1=O. The first-order valence-electron chi connectivity index (χ1n) is 8.45. The summed E-state index contributed by atoms with van der Waals surface area (Å²) >= 11 is 6.95. The van der Waals surface area contributed by atoms with Crippen LogP contribution in [-0.2, 0) is 7.05 Å². The Morgan fingerprint density at radius 1 is 1.47 bits per heavy atom. The number of amidine groups is 1. The van der Waals surface area contributed by atoms with E-state index in [4.69, 9.17) is 16.2 Å². The molecule has 158 valence electrons. The number of aryl methyl sites for hydroxylation is 1. The van der Waals surface area contributed by atoms with Crippen LogP contribution < -0.4 is 11.2 Å². The minimum Gasteiger partial charge on any atom is -0.291 e. The molecule has 0 aliphatic heterocycles. The van der Waals surface area contributed by atoms with Gasteiger partial charge in [-0.05, 0) is 34.9 Å². The Morgan fingerprint density at radius 3 is 2.93 bits per heavy atom. The van der Waals surface area contributed by atoms with Crippen molar-refractivity contribution in [3.05, 3.63) is 51.0 Å². The molecular formula is C16H15ClFN7O4S. The van der Waals surface area contributed by atoms with Crippen molar-refractivity contribution in [2.45, 2.75) is 17.9 Å². The molecule has 0 saturated heterocycles. The van der Waals surface area contributed by atoms with Crippen molar-refractivity contribution in [3.63, 3.8) is 0 Å². The second kappa shape index (κ2) is 9.65. The van der Waals surface area contributed by atoms with Crippen LogP contribution in [0.1, 0.15) is 29.2 Å². The van der Waals surface area contributed by atoms with Gasteiger partial charge in [0.15, 0.2) is 28.2 Å². The van der Waals surface area contributed by atoms with E-state index in [1.807, 2.05) is 5.48 Å². The molecule has 11 nitrogen and oxygen atoms in total. The standard InChI is InChI=1S/C16H15ClFN7O4S/c1-25-16(27)20-13(21-25)11(26)3-2-6-30-15-12(23-29-24-15)14(22-28)19-8-4-5-10(18)9(17)7-8/h4-5,7,28H,2-3,6H2,1H3,(H,19,22)(H,20,21,27). The fourth-order valence-corrected chi connectivity index (χ4v) is 3.30. The van der Waals surface area contributed by atoms with Gasteiger partial charge < -0.3 is 0 Å². The van der Waals surface area contributed by atoms with E-state index < -0.39 is 11.5 Å². The predicted octanol–water partition coefficient (Wildman–Crippen LogP) is 2.10. The number of aliphatic imine (C=N–C) groups is 1. The van der Waals surface area contributed by atoms with Crippen molar-refractivity contribution in [3.8, 4) is 0 Å². The molecule has 30 heavy (non-hydrogen) atoms. The fourth-order valence-electron chi connectivity index (χ4n) is 2.28. The monoisotopic (exact) mass is 455 g/mol. The Morgan fingerprint density at radius 2 is 2.27 bits per heavy atom. The van der Waals surface area contributed by atoms with E-state index in [0.29, 0.717) is 17.2 Å². The maximum atomic E-state index is 13.3. The number of carbonyl (C=O) groups is 1.